The van der Waals surface area contributed by atoms with Gasteiger partial charge < -0.3 is 19.1 Å². The predicted octanol–water partition coefficient (Wildman–Crippen LogP) is 3.85. The molecule has 6 nitrogen and oxygen atoms in total. The minimum atomic E-state index is -0.606. The van der Waals surface area contributed by atoms with Gasteiger partial charge >= 0.3 is 5.97 Å². The van der Waals surface area contributed by atoms with Crippen molar-refractivity contribution in [1.29, 1.82) is 0 Å². The summed E-state index contributed by atoms with van der Waals surface area (Å²) in [5, 5.41) is 0. The van der Waals surface area contributed by atoms with Crippen molar-refractivity contribution in [1.82, 2.24) is 4.90 Å². The number of carbonyl (C=O) groups excluding carboxylic acids is 2. The molecule has 0 atom stereocenters. The van der Waals surface area contributed by atoms with Crippen LogP contribution in [0.4, 0.5) is 0 Å². The summed E-state index contributed by atoms with van der Waals surface area (Å²) in [7, 11) is 1.67. The highest BCUT2D eigenvalue weighted by atomic mass is 16.6. The lowest BCUT2D eigenvalue weighted by Crippen LogP contribution is -2.31. The lowest BCUT2D eigenvalue weighted by Gasteiger charge is -2.17. The fraction of sp³-hybridized carbons (Fsp3) is 0.200. The molecule has 1 amide bonds. The molecular weight excluding hydrogens is 394 g/mol. The van der Waals surface area contributed by atoms with Crippen molar-refractivity contribution in [3.05, 3.63) is 96.1 Å². The summed E-state index contributed by atoms with van der Waals surface area (Å²) in [6, 6.07) is 26.4. The van der Waals surface area contributed by atoms with Gasteiger partial charge in [0.05, 0.1) is 0 Å². The van der Waals surface area contributed by atoms with Crippen LogP contribution in [0, 0.1) is 0 Å². The van der Waals surface area contributed by atoms with Crippen LogP contribution in [0.25, 0.3) is 0 Å². The topological polar surface area (TPSA) is 65.1 Å². The normalized spacial score (nSPS) is 10.2. The molecule has 0 bridgehead atoms. The van der Waals surface area contributed by atoms with Crippen molar-refractivity contribution in [3.8, 4) is 11.5 Å². The van der Waals surface area contributed by atoms with Crippen molar-refractivity contribution >= 4 is 11.9 Å². The largest absolute Gasteiger partial charge is 0.489 e. The molecule has 0 radical (unpaired) electrons. The molecule has 0 aliphatic rings. The first-order chi connectivity index (χ1) is 15.1. The second kappa shape index (κ2) is 11.4. The number of amides is 1. The number of benzene rings is 3. The Hall–Kier alpha value is -3.80. The Morgan fingerprint density at radius 3 is 1.87 bits per heavy atom. The molecule has 0 aliphatic carbocycles. The van der Waals surface area contributed by atoms with Crippen LogP contribution >= 0.6 is 0 Å². The van der Waals surface area contributed by atoms with Crippen LogP contribution in [0.1, 0.15) is 11.1 Å². The molecule has 0 heterocycles. The summed E-state index contributed by atoms with van der Waals surface area (Å²) in [6.07, 6.45) is 0. The van der Waals surface area contributed by atoms with Crippen LogP contribution < -0.4 is 9.47 Å². The standard InChI is InChI=1S/C25H25NO5/c1-26(16-20-8-4-2-5-9-20)24(27)18-31-25(28)19-30-23-14-12-22(13-15-23)29-17-21-10-6-3-7-11-21/h2-15H,16-19H2,1H3. The Bertz CT molecular complexity index is 958. The third-order valence-corrected chi connectivity index (χ3v) is 4.47. The molecular formula is C25H25NO5. The van der Waals surface area contributed by atoms with Gasteiger partial charge in [-0.2, -0.15) is 0 Å². The van der Waals surface area contributed by atoms with Crippen molar-refractivity contribution < 1.29 is 23.8 Å². The average molecular weight is 419 g/mol. The van der Waals surface area contributed by atoms with Gasteiger partial charge in [-0.05, 0) is 35.4 Å². The van der Waals surface area contributed by atoms with E-state index in [1.165, 1.54) is 4.90 Å². The van der Waals surface area contributed by atoms with Crippen molar-refractivity contribution in [2.75, 3.05) is 20.3 Å². The van der Waals surface area contributed by atoms with Crippen LogP contribution in [-0.2, 0) is 27.5 Å². The third-order valence-electron chi connectivity index (χ3n) is 4.47. The third kappa shape index (κ3) is 7.51. The summed E-state index contributed by atoms with van der Waals surface area (Å²) >= 11 is 0. The zero-order chi connectivity index (χ0) is 21.9. The van der Waals surface area contributed by atoms with Crippen LogP contribution in [0.5, 0.6) is 11.5 Å². The predicted molar refractivity (Wildman–Crippen MR) is 117 cm³/mol. The van der Waals surface area contributed by atoms with Gasteiger partial charge in [0.2, 0.25) is 0 Å². The van der Waals surface area contributed by atoms with E-state index in [0.717, 1.165) is 11.1 Å². The number of hydrogen-bond acceptors (Lipinski definition) is 5. The average Bonchev–Trinajstić information content (AvgIpc) is 2.81. The van der Waals surface area contributed by atoms with Gasteiger partial charge in [-0.15, -0.1) is 0 Å². The van der Waals surface area contributed by atoms with Gasteiger partial charge in [0.1, 0.15) is 18.1 Å². The monoisotopic (exact) mass is 419 g/mol. The maximum Gasteiger partial charge on any atom is 0.344 e. The van der Waals surface area contributed by atoms with Gasteiger partial charge in [-0.3, -0.25) is 4.79 Å². The van der Waals surface area contributed by atoms with Gasteiger partial charge in [-0.1, -0.05) is 60.7 Å². The lowest BCUT2D eigenvalue weighted by molar-refractivity contribution is -0.153. The SMILES string of the molecule is CN(Cc1ccccc1)C(=O)COC(=O)COc1ccc(OCc2ccccc2)cc1. The van der Waals surface area contributed by atoms with E-state index in [9.17, 15) is 9.59 Å². The Labute approximate surface area is 182 Å². The highest BCUT2D eigenvalue weighted by molar-refractivity contribution is 5.80. The Kier molecular flexibility index (Phi) is 8.05. The van der Waals surface area contributed by atoms with Crippen LogP contribution in [0.15, 0.2) is 84.9 Å². The summed E-state index contributed by atoms with van der Waals surface area (Å²) in [5.41, 5.74) is 2.08. The van der Waals surface area contributed by atoms with Crippen molar-refractivity contribution in [3.63, 3.8) is 0 Å². The molecule has 160 valence electrons. The van der Waals surface area contributed by atoms with E-state index in [1.807, 2.05) is 60.7 Å². The van der Waals surface area contributed by atoms with Gasteiger partial charge in [0.25, 0.3) is 5.91 Å². The quantitative estimate of drug-likeness (QED) is 0.467. The second-order valence-electron chi connectivity index (χ2n) is 6.93. The molecule has 0 unspecified atom stereocenters. The lowest BCUT2D eigenvalue weighted by atomic mass is 10.2. The fourth-order valence-electron chi connectivity index (χ4n) is 2.75. The molecule has 31 heavy (non-hydrogen) atoms. The molecule has 6 heteroatoms. The molecule has 3 rings (SSSR count). The van der Waals surface area contributed by atoms with Crippen molar-refractivity contribution in [2.45, 2.75) is 13.2 Å². The maximum absolute atomic E-state index is 12.1. The van der Waals surface area contributed by atoms with E-state index < -0.39 is 5.97 Å². The van der Waals surface area contributed by atoms with E-state index in [1.54, 1.807) is 31.3 Å². The van der Waals surface area contributed by atoms with E-state index in [4.69, 9.17) is 14.2 Å². The molecule has 0 N–H and O–H groups in total. The second-order valence-corrected chi connectivity index (χ2v) is 6.93. The minimum absolute atomic E-state index is 0.278. The Morgan fingerprint density at radius 2 is 1.26 bits per heavy atom. The van der Waals surface area contributed by atoms with E-state index in [2.05, 4.69) is 0 Å². The smallest absolute Gasteiger partial charge is 0.344 e. The molecule has 0 aromatic heterocycles. The van der Waals surface area contributed by atoms with E-state index in [0.29, 0.717) is 24.7 Å². The van der Waals surface area contributed by atoms with E-state index in [-0.39, 0.29) is 19.1 Å². The van der Waals surface area contributed by atoms with Crippen molar-refractivity contribution in [2.24, 2.45) is 0 Å². The Morgan fingerprint density at radius 1 is 0.710 bits per heavy atom. The molecule has 3 aromatic rings. The highest BCUT2D eigenvalue weighted by Crippen LogP contribution is 2.18. The van der Waals surface area contributed by atoms with Crippen LogP contribution in [0.2, 0.25) is 0 Å². The number of likely N-dealkylation sites (N-methyl/N-ethyl adjacent to an activating group) is 1. The molecule has 3 aromatic carbocycles. The van der Waals surface area contributed by atoms with E-state index >= 15 is 0 Å². The number of carbonyl (C=O) groups is 2. The summed E-state index contributed by atoms with van der Waals surface area (Å²) in [6.45, 7) is 0.324. The maximum atomic E-state index is 12.1. The summed E-state index contributed by atoms with van der Waals surface area (Å²) in [5.74, 6) is 0.324. The number of rotatable bonds is 10. The zero-order valence-corrected chi connectivity index (χ0v) is 17.4. The Balaban J connectivity index is 1.35. The summed E-state index contributed by atoms with van der Waals surface area (Å²) in [4.78, 5) is 25.5. The highest BCUT2D eigenvalue weighted by Gasteiger charge is 2.13. The van der Waals surface area contributed by atoms with Gasteiger partial charge in [0, 0.05) is 13.6 Å². The number of ether oxygens (including phenoxy) is 3. The summed E-state index contributed by atoms with van der Waals surface area (Å²) < 4.78 is 16.1. The first-order valence-corrected chi connectivity index (χ1v) is 9.93. The molecule has 0 saturated heterocycles. The first-order valence-electron chi connectivity index (χ1n) is 9.93. The molecule has 0 saturated carbocycles. The minimum Gasteiger partial charge on any atom is -0.489 e. The molecule has 0 aliphatic heterocycles. The van der Waals surface area contributed by atoms with Crippen LogP contribution in [0.3, 0.4) is 0 Å². The fourth-order valence-corrected chi connectivity index (χ4v) is 2.75. The first kappa shape index (κ1) is 21.9. The zero-order valence-electron chi connectivity index (χ0n) is 17.4. The number of hydrogen-bond donors (Lipinski definition) is 0. The molecule has 0 spiro atoms. The number of esters is 1. The number of nitrogens with zero attached hydrogens (tertiary/aromatic N) is 1. The van der Waals surface area contributed by atoms with Gasteiger partial charge in [0.15, 0.2) is 13.2 Å². The van der Waals surface area contributed by atoms with Crippen LogP contribution in [-0.4, -0.2) is 37.0 Å². The molecule has 0 fully saturated rings. The van der Waals surface area contributed by atoms with Gasteiger partial charge in [-0.25, -0.2) is 4.79 Å².